The van der Waals surface area contributed by atoms with Crippen LogP contribution in [0, 0.1) is 26.6 Å². The molecule has 194 valence electrons. The van der Waals surface area contributed by atoms with E-state index < -0.39 is 0 Å². The van der Waals surface area contributed by atoms with Crippen LogP contribution >= 0.6 is 0 Å². The number of piperazine rings is 1. The highest BCUT2D eigenvalue weighted by molar-refractivity contribution is 5.99. The Hall–Kier alpha value is -3.75. The average Bonchev–Trinajstić information content (AvgIpc) is 2.92. The van der Waals surface area contributed by atoms with Crippen molar-refractivity contribution in [3.8, 4) is 0 Å². The van der Waals surface area contributed by atoms with E-state index in [1.165, 1.54) is 12.3 Å². The summed E-state index contributed by atoms with van der Waals surface area (Å²) < 4.78 is 13.2. The summed E-state index contributed by atoms with van der Waals surface area (Å²) >= 11 is 0. The number of rotatable bonds is 5. The maximum Gasteiger partial charge on any atom is 0.254 e. The maximum atomic E-state index is 13.7. The molecule has 1 aromatic carbocycles. The van der Waals surface area contributed by atoms with Crippen LogP contribution in [-0.2, 0) is 0 Å². The van der Waals surface area contributed by atoms with Gasteiger partial charge < -0.3 is 20.0 Å². The molecule has 8 nitrogen and oxygen atoms in total. The number of carbonyl (C=O) groups is 1. The number of benzene rings is 1. The molecular weight excluding hydrogens is 469 g/mol. The zero-order chi connectivity index (χ0) is 25.9. The minimum atomic E-state index is -0.344. The molecule has 9 heteroatoms. The fourth-order valence-electron chi connectivity index (χ4n) is 5.50. The van der Waals surface area contributed by atoms with Crippen molar-refractivity contribution in [3.63, 3.8) is 0 Å². The predicted octanol–water partition coefficient (Wildman–Crippen LogP) is 3.98. The fraction of sp³-hybridized carbons (Fsp3) is 0.429. The average molecular weight is 504 g/mol. The number of carbonyl (C=O) groups excluding carboxylic acids is 1. The number of amides is 1. The van der Waals surface area contributed by atoms with Crippen molar-refractivity contribution in [2.75, 3.05) is 54.4 Å². The summed E-state index contributed by atoms with van der Waals surface area (Å²) in [6.07, 6.45) is 8.47. The van der Waals surface area contributed by atoms with Gasteiger partial charge in [-0.1, -0.05) is 6.07 Å². The van der Waals surface area contributed by atoms with Gasteiger partial charge in [-0.3, -0.25) is 9.78 Å². The van der Waals surface area contributed by atoms with Crippen LogP contribution in [0.3, 0.4) is 0 Å². The van der Waals surface area contributed by atoms with Crippen LogP contribution in [-0.4, -0.2) is 71.1 Å². The van der Waals surface area contributed by atoms with Gasteiger partial charge in [-0.2, -0.15) is 0 Å². The third-order valence-electron chi connectivity index (χ3n) is 7.51. The number of nitrogens with one attached hydrogen (secondary N) is 1. The van der Waals surface area contributed by atoms with Gasteiger partial charge in [-0.15, -0.1) is 0 Å². The largest absolute Gasteiger partial charge is 0.382 e. The molecule has 0 bridgehead atoms. The van der Waals surface area contributed by atoms with E-state index >= 15 is 0 Å². The SMILES string of the molecule is Cc1cc(C)c(C(=O)N2CCN(c3ccc(F)cn3)CC2)c(C)c1NC1CCN(c2cnccn2)CC1. The second-order valence-corrected chi connectivity index (χ2v) is 9.97. The van der Waals surface area contributed by atoms with Gasteiger partial charge in [0.15, 0.2) is 0 Å². The minimum Gasteiger partial charge on any atom is -0.382 e. The predicted molar refractivity (Wildman–Crippen MR) is 144 cm³/mol. The number of piperidine rings is 1. The molecule has 3 aromatic rings. The Morgan fingerprint density at radius 3 is 2.27 bits per heavy atom. The van der Waals surface area contributed by atoms with Gasteiger partial charge in [0.1, 0.15) is 17.5 Å². The number of nitrogens with zero attached hydrogens (tertiary/aromatic N) is 6. The summed E-state index contributed by atoms with van der Waals surface area (Å²) in [6.45, 7) is 10.6. The standard InChI is InChI=1S/C28H34FN7O/c1-19-16-20(2)27(33-23-6-10-34(11-7-23)25-18-30-8-9-31-25)21(3)26(19)28(37)36-14-12-35(13-15-36)24-5-4-22(29)17-32-24/h4-5,8-9,16-18,23,33H,6-7,10-15H2,1-3H3. The Bertz CT molecular complexity index is 1240. The molecule has 2 aromatic heterocycles. The molecule has 2 aliphatic rings. The Morgan fingerprint density at radius 2 is 1.62 bits per heavy atom. The van der Waals surface area contributed by atoms with E-state index in [0.29, 0.717) is 32.2 Å². The molecule has 2 fully saturated rings. The highest BCUT2D eigenvalue weighted by Crippen LogP contribution is 2.31. The normalized spacial score (nSPS) is 16.7. The maximum absolute atomic E-state index is 13.7. The lowest BCUT2D eigenvalue weighted by molar-refractivity contribution is 0.0745. The Morgan fingerprint density at radius 1 is 0.892 bits per heavy atom. The van der Waals surface area contributed by atoms with Crippen LogP contribution in [0.2, 0.25) is 0 Å². The number of aryl methyl sites for hydroxylation is 2. The van der Waals surface area contributed by atoms with Crippen LogP contribution < -0.4 is 15.1 Å². The highest BCUT2D eigenvalue weighted by Gasteiger charge is 2.27. The molecular formula is C28H34FN7O. The summed E-state index contributed by atoms with van der Waals surface area (Å²) in [7, 11) is 0. The highest BCUT2D eigenvalue weighted by atomic mass is 19.1. The number of anilines is 3. The van der Waals surface area contributed by atoms with E-state index in [1.807, 2.05) is 18.0 Å². The number of halogens is 1. The van der Waals surface area contributed by atoms with E-state index in [0.717, 1.165) is 65.5 Å². The third kappa shape index (κ3) is 5.35. The summed E-state index contributed by atoms with van der Waals surface area (Å²) in [4.78, 5) is 32.8. The summed E-state index contributed by atoms with van der Waals surface area (Å²) in [6, 6.07) is 5.57. The van der Waals surface area contributed by atoms with E-state index in [1.54, 1.807) is 18.5 Å². The molecule has 4 heterocycles. The quantitative estimate of drug-likeness (QED) is 0.564. The summed E-state index contributed by atoms with van der Waals surface area (Å²) in [5.74, 6) is 1.39. The van der Waals surface area contributed by atoms with Gasteiger partial charge in [0, 0.05) is 69.0 Å². The van der Waals surface area contributed by atoms with Gasteiger partial charge in [0.05, 0.1) is 12.4 Å². The lowest BCUT2D eigenvalue weighted by Crippen LogP contribution is -2.49. The van der Waals surface area contributed by atoms with Gasteiger partial charge >= 0.3 is 0 Å². The van der Waals surface area contributed by atoms with Crippen molar-refractivity contribution in [3.05, 3.63) is 71.1 Å². The van der Waals surface area contributed by atoms with E-state index in [9.17, 15) is 9.18 Å². The molecule has 37 heavy (non-hydrogen) atoms. The van der Waals surface area contributed by atoms with Crippen molar-refractivity contribution in [1.82, 2.24) is 19.9 Å². The number of hydrogen-bond donors (Lipinski definition) is 1. The van der Waals surface area contributed by atoms with Crippen molar-refractivity contribution < 1.29 is 9.18 Å². The first-order chi connectivity index (χ1) is 17.9. The van der Waals surface area contributed by atoms with Crippen LogP contribution in [0.15, 0.2) is 43.0 Å². The topological polar surface area (TPSA) is 77.5 Å². The zero-order valence-electron chi connectivity index (χ0n) is 21.7. The van der Waals surface area contributed by atoms with E-state index in [4.69, 9.17) is 0 Å². The molecule has 0 spiro atoms. The van der Waals surface area contributed by atoms with Gasteiger partial charge in [-0.05, 0) is 62.4 Å². The molecule has 0 radical (unpaired) electrons. The number of hydrogen-bond acceptors (Lipinski definition) is 7. The van der Waals surface area contributed by atoms with Crippen LogP contribution in [0.25, 0.3) is 0 Å². The lowest BCUT2D eigenvalue weighted by Gasteiger charge is -2.36. The first kappa shape index (κ1) is 24.9. The van der Waals surface area contributed by atoms with Crippen molar-refractivity contribution in [1.29, 1.82) is 0 Å². The Labute approximate surface area is 217 Å². The Balaban J connectivity index is 1.25. The number of pyridine rings is 1. The van der Waals surface area contributed by atoms with Gasteiger partial charge in [-0.25, -0.2) is 14.4 Å². The van der Waals surface area contributed by atoms with Crippen LogP contribution in [0.5, 0.6) is 0 Å². The first-order valence-corrected chi connectivity index (χ1v) is 12.9. The van der Waals surface area contributed by atoms with Gasteiger partial charge in [0.25, 0.3) is 5.91 Å². The zero-order valence-corrected chi connectivity index (χ0v) is 21.7. The summed E-state index contributed by atoms with van der Waals surface area (Å²) in [5, 5.41) is 3.77. The van der Waals surface area contributed by atoms with Crippen molar-refractivity contribution in [2.24, 2.45) is 0 Å². The van der Waals surface area contributed by atoms with Gasteiger partial charge in [0.2, 0.25) is 0 Å². The third-order valence-corrected chi connectivity index (χ3v) is 7.51. The fourth-order valence-corrected chi connectivity index (χ4v) is 5.50. The molecule has 2 aliphatic heterocycles. The van der Waals surface area contributed by atoms with Crippen molar-refractivity contribution >= 4 is 23.2 Å². The van der Waals surface area contributed by atoms with Crippen molar-refractivity contribution in [2.45, 2.75) is 39.7 Å². The molecule has 0 saturated carbocycles. The molecule has 1 amide bonds. The summed E-state index contributed by atoms with van der Waals surface area (Å²) in [5.41, 5.74) is 5.04. The second-order valence-electron chi connectivity index (χ2n) is 9.97. The molecule has 1 N–H and O–H groups in total. The lowest BCUT2D eigenvalue weighted by atomic mass is 9.94. The molecule has 0 atom stereocenters. The van der Waals surface area contributed by atoms with E-state index in [-0.39, 0.29) is 11.7 Å². The van der Waals surface area contributed by atoms with Crippen LogP contribution in [0.1, 0.15) is 39.9 Å². The molecule has 0 aliphatic carbocycles. The number of aromatic nitrogens is 3. The monoisotopic (exact) mass is 503 g/mol. The minimum absolute atomic E-state index is 0.0715. The first-order valence-electron chi connectivity index (χ1n) is 12.9. The van der Waals surface area contributed by atoms with E-state index in [2.05, 4.69) is 50.0 Å². The Kier molecular flexibility index (Phi) is 7.21. The van der Waals surface area contributed by atoms with Crippen LogP contribution in [0.4, 0.5) is 21.7 Å². The second kappa shape index (κ2) is 10.7. The molecule has 0 unspecified atom stereocenters. The molecule has 2 saturated heterocycles. The smallest absolute Gasteiger partial charge is 0.254 e. The molecule has 5 rings (SSSR count).